The number of nitrogens with zero attached hydrogens (tertiary/aromatic N) is 5. The van der Waals surface area contributed by atoms with Gasteiger partial charge in [-0.05, 0) is 58.0 Å². The van der Waals surface area contributed by atoms with Gasteiger partial charge in [0, 0.05) is 50.8 Å². The largest absolute Gasteiger partial charge is 0.369 e. The third-order valence-corrected chi connectivity index (χ3v) is 5.01. The second-order valence-corrected chi connectivity index (χ2v) is 7.37. The third-order valence-electron chi connectivity index (χ3n) is 5.01. The number of anilines is 1. The number of carbonyl (C=O) groups is 1. The minimum atomic E-state index is 0.0903. The Bertz CT molecular complexity index is 698. The second-order valence-electron chi connectivity index (χ2n) is 7.37. The summed E-state index contributed by atoms with van der Waals surface area (Å²) in [5.74, 6) is 0.898. The highest BCUT2D eigenvalue weighted by molar-refractivity contribution is 5.94. The van der Waals surface area contributed by atoms with E-state index in [1.165, 1.54) is 6.42 Å². The zero-order valence-electron chi connectivity index (χ0n) is 16.3. The van der Waals surface area contributed by atoms with Crippen molar-refractivity contribution < 1.29 is 4.79 Å². The number of aryl methyl sites for hydroxylation is 1. The second kappa shape index (κ2) is 9.50. The minimum absolute atomic E-state index is 0.0903. The minimum Gasteiger partial charge on any atom is -0.369 e. The summed E-state index contributed by atoms with van der Waals surface area (Å²) in [7, 11) is 4.08. The Morgan fingerprint density at radius 3 is 2.93 bits per heavy atom. The standard InChI is InChI=1S/C20H30N6O/c1-24(2)15-11-21-19-8-7-17(16-22-19)20(27)26-13-4-3-6-18(26)9-14-25-12-5-10-23-25/h5,7-8,10,12,16,18H,3-4,6,9,11,13-15H2,1-2H3,(H,21,22)/t18-/m0/s1. The molecule has 1 saturated heterocycles. The molecule has 2 aromatic heterocycles. The van der Waals surface area contributed by atoms with Crippen LogP contribution in [0.1, 0.15) is 36.0 Å². The van der Waals surface area contributed by atoms with Crippen molar-refractivity contribution in [2.75, 3.05) is 39.0 Å². The molecule has 0 bridgehead atoms. The van der Waals surface area contributed by atoms with Gasteiger partial charge in [-0.2, -0.15) is 5.10 Å². The number of likely N-dealkylation sites (N-methyl/N-ethyl adjacent to an activating group) is 1. The van der Waals surface area contributed by atoms with E-state index in [1.54, 1.807) is 12.4 Å². The number of likely N-dealkylation sites (tertiary alicyclic amines) is 1. The van der Waals surface area contributed by atoms with Crippen molar-refractivity contribution >= 4 is 11.7 Å². The molecule has 3 rings (SSSR count). The van der Waals surface area contributed by atoms with Crippen LogP contribution in [0.25, 0.3) is 0 Å². The lowest BCUT2D eigenvalue weighted by Crippen LogP contribution is -2.44. The molecule has 1 atom stereocenters. The Morgan fingerprint density at radius 2 is 2.22 bits per heavy atom. The van der Waals surface area contributed by atoms with Gasteiger partial charge in [0.15, 0.2) is 0 Å². The summed E-state index contributed by atoms with van der Waals surface area (Å²) in [4.78, 5) is 21.6. The SMILES string of the molecule is CN(C)CCNc1ccc(C(=O)N2CCCC[C@H]2CCn2cccn2)cn1. The highest BCUT2D eigenvalue weighted by atomic mass is 16.2. The summed E-state index contributed by atoms with van der Waals surface area (Å²) >= 11 is 0. The number of pyridine rings is 1. The average molecular weight is 371 g/mol. The van der Waals surface area contributed by atoms with Crippen LogP contribution in [-0.4, -0.2) is 70.2 Å². The van der Waals surface area contributed by atoms with Gasteiger partial charge in [-0.1, -0.05) is 0 Å². The molecule has 1 N–H and O–H groups in total. The number of amides is 1. The van der Waals surface area contributed by atoms with Gasteiger partial charge in [-0.15, -0.1) is 0 Å². The summed E-state index contributed by atoms with van der Waals surface area (Å²) < 4.78 is 1.94. The van der Waals surface area contributed by atoms with E-state index in [9.17, 15) is 4.79 Å². The van der Waals surface area contributed by atoms with Gasteiger partial charge in [0.2, 0.25) is 0 Å². The summed E-state index contributed by atoms with van der Waals surface area (Å²) in [6.07, 6.45) is 9.71. The van der Waals surface area contributed by atoms with E-state index in [2.05, 4.69) is 20.3 Å². The van der Waals surface area contributed by atoms with Crippen LogP contribution >= 0.6 is 0 Å². The zero-order valence-corrected chi connectivity index (χ0v) is 16.3. The van der Waals surface area contributed by atoms with Crippen LogP contribution in [0.2, 0.25) is 0 Å². The Kier molecular flexibility index (Phi) is 6.81. The Labute approximate surface area is 161 Å². The van der Waals surface area contributed by atoms with Gasteiger partial charge in [-0.25, -0.2) is 4.98 Å². The van der Waals surface area contributed by atoms with Crippen molar-refractivity contribution in [3.05, 3.63) is 42.4 Å². The molecule has 1 aliphatic heterocycles. The first-order valence-corrected chi connectivity index (χ1v) is 9.76. The van der Waals surface area contributed by atoms with Crippen molar-refractivity contribution in [3.8, 4) is 0 Å². The third kappa shape index (κ3) is 5.53. The maximum atomic E-state index is 13.0. The van der Waals surface area contributed by atoms with Crippen molar-refractivity contribution in [2.24, 2.45) is 0 Å². The molecule has 0 spiro atoms. The van der Waals surface area contributed by atoms with Crippen LogP contribution < -0.4 is 5.32 Å². The van der Waals surface area contributed by atoms with Crippen LogP contribution in [0.3, 0.4) is 0 Å². The van der Waals surface area contributed by atoms with Crippen LogP contribution in [0.15, 0.2) is 36.8 Å². The van der Waals surface area contributed by atoms with Crippen LogP contribution in [-0.2, 0) is 6.54 Å². The van der Waals surface area contributed by atoms with E-state index in [-0.39, 0.29) is 11.9 Å². The Balaban J connectivity index is 1.58. The van der Waals surface area contributed by atoms with Crippen LogP contribution in [0.5, 0.6) is 0 Å². The summed E-state index contributed by atoms with van der Waals surface area (Å²) in [6, 6.07) is 5.98. The highest BCUT2D eigenvalue weighted by Crippen LogP contribution is 2.22. The van der Waals surface area contributed by atoms with Crippen molar-refractivity contribution in [1.82, 2.24) is 24.6 Å². The number of piperidine rings is 1. The number of aromatic nitrogens is 3. The normalized spacial score (nSPS) is 17.3. The summed E-state index contributed by atoms with van der Waals surface area (Å²) in [5.41, 5.74) is 0.666. The fourth-order valence-electron chi connectivity index (χ4n) is 3.48. The Morgan fingerprint density at radius 1 is 1.33 bits per heavy atom. The summed E-state index contributed by atoms with van der Waals surface area (Å²) in [6.45, 7) is 3.43. The van der Waals surface area contributed by atoms with E-state index < -0.39 is 0 Å². The first-order chi connectivity index (χ1) is 13.1. The molecular weight excluding hydrogens is 340 g/mol. The number of hydrogen-bond acceptors (Lipinski definition) is 5. The molecule has 0 saturated carbocycles. The fraction of sp³-hybridized carbons (Fsp3) is 0.550. The number of rotatable bonds is 8. The molecular formula is C20H30N6O. The number of hydrogen-bond donors (Lipinski definition) is 1. The lowest BCUT2D eigenvalue weighted by Gasteiger charge is -2.36. The molecule has 27 heavy (non-hydrogen) atoms. The predicted octanol–water partition coefficient (Wildman–Crippen LogP) is 2.34. The summed E-state index contributed by atoms with van der Waals surface area (Å²) in [5, 5.41) is 7.55. The lowest BCUT2D eigenvalue weighted by atomic mass is 9.98. The van der Waals surface area contributed by atoms with Gasteiger partial charge in [0.25, 0.3) is 5.91 Å². The highest BCUT2D eigenvalue weighted by Gasteiger charge is 2.27. The number of carbonyl (C=O) groups excluding carboxylic acids is 1. The predicted molar refractivity (Wildman–Crippen MR) is 107 cm³/mol. The average Bonchev–Trinajstić information content (AvgIpc) is 3.20. The van der Waals surface area contributed by atoms with Gasteiger partial charge in [0.1, 0.15) is 5.82 Å². The molecule has 2 aromatic rings. The van der Waals surface area contributed by atoms with E-state index in [1.807, 2.05) is 48.1 Å². The number of nitrogens with one attached hydrogen (secondary N) is 1. The van der Waals surface area contributed by atoms with Gasteiger partial charge in [0.05, 0.1) is 5.56 Å². The Hall–Kier alpha value is -2.41. The molecule has 1 aliphatic rings. The van der Waals surface area contributed by atoms with Crippen molar-refractivity contribution in [2.45, 2.75) is 38.3 Å². The molecule has 0 aromatic carbocycles. The molecule has 0 unspecified atom stereocenters. The van der Waals surface area contributed by atoms with Gasteiger partial charge in [-0.3, -0.25) is 9.48 Å². The molecule has 1 amide bonds. The fourth-order valence-corrected chi connectivity index (χ4v) is 3.48. The lowest BCUT2D eigenvalue weighted by molar-refractivity contribution is 0.0593. The monoisotopic (exact) mass is 370 g/mol. The van der Waals surface area contributed by atoms with Crippen LogP contribution in [0, 0.1) is 0 Å². The van der Waals surface area contributed by atoms with E-state index in [4.69, 9.17) is 0 Å². The van der Waals surface area contributed by atoms with Crippen molar-refractivity contribution in [1.29, 1.82) is 0 Å². The van der Waals surface area contributed by atoms with E-state index in [0.717, 1.165) is 51.3 Å². The molecule has 1 fully saturated rings. The zero-order chi connectivity index (χ0) is 19.1. The molecule has 7 nitrogen and oxygen atoms in total. The van der Waals surface area contributed by atoms with Gasteiger partial charge < -0.3 is 15.1 Å². The molecule has 0 aliphatic carbocycles. The van der Waals surface area contributed by atoms with Crippen LogP contribution in [0.4, 0.5) is 5.82 Å². The maximum absolute atomic E-state index is 13.0. The molecule has 7 heteroatoms. The maximum Gasteiger partial charge on any atom is 0.255 e. The molecule has 3 heterocycles. The topological polar surface area (TPSA) is 66.3 Å². The van der Waals surface area contributed by atoms with E-state index >= 15 is 0 Å². The van der Waals surface area contributed by atoms with Gasteiger partial charge >= 0.3 is 0 Å². The molecule has 146 valence electrons. The quantitative estimate of drug-likeness (QED) is 0.773. The smallest absolute Gasteiger partial charge is 0.255 e. The van der Waals surface area contributed by atoms with Crippen molar-refractivity contribution in [3.63, 3.8) is 0 Å². The molecule has 0 radical (unpaired) electrons. The first kappa shape index (κ1) is 19.4. The first-order valence-electron chi connectivity index (χ1n) is 9.76. The van der Waals surface area contributed by atoms with E-state index in [0.29, 0.717) is 5.56 Å².